The first kappa shape index (κ1) is 13.8. The Balaban J connectivity index is 2.23. The Bertz CT molecular complexity index is 640. The van der Waals surface area contributed by atoms with Gasteiger partial charge in [0.15, 0.2) is 0 Å². The number of halogens is 2. The van der Waals surface area contributed by atoms with Crippen LogP contribution in [0.5, 0.6) is 0 Å². The van der Waals surface area contributed by atoms with E-state index in [4.69, 9.17) is 5.26 Å². The summed E-state index contributed by atoms with van der Waals surface area (Å²) >= 11 is 6.77. The van der Waals surface area contributed by atoms with E-state index in [0.717, 1.165) is 8.95 Å². The van der Waals surface area contributed by atoms with E-state index in [0.29, 0.717) is 16.8 Å². The largest absolute Gasteiger partial charge is 0.320 e. The highest BCUT2D eigenvalue weighted by molar-refractivity contribution is 9.11. The standard InChI is InChI=1S/C14H8Br2N2O/c15-11-2-1-3-12(16)13(11)18-14(19)10-6-4-9(8-17)5-7-10/h1-7H,(H,18,19). The first-order valence-electron chi connectivity index (χ1n) is 5.37. The van der Waals surface area contributed by atoms with Crippen LogP contribution in [0.2, 0.25) is 0 Å². The Morgan fingerprint density at radius 1 is 1.05 bits per heavy atom. The number of carbonyl (C=O) groups excluding carboxylic acids is 1. The lowest BCUT2D eigenvalue weighted by Gasteiger charge is -2.09. The Hall–Kier alpha value is -1.64. The number of anilines is 1. The number of benzene rings is 2. The summed E-state index contributed by atoms with van der Waals surface area (Å²) in [7, 11) is 0. The van der Waals surface area contributed by atoms with Gasteiger partial charge in [-0.3, -0.25) is 4.79 Å². The van der Waals surface area contributed by atoms with Crippen molar-refractivity contribution in [3.63, 3.8) is 0 Å². The topological polar surface area (TPSA) is 52.9 Å². The zero-order valence-electron chi connectivity index (χ0n) is 9.65. The van der Waals surface area contributed by atoms with Crippen molar-refractivity contribution in [1.82, 2.24) is 0 Å². The fourth-order valence-electron chi connectivity index (χ4n) is 1.50. The van der Waals surface area contributed by atoms with Crippen LogP contribution in [0.1, 0.15) is 15.9 Å². The number of nitrogens with zero attached hydrogens (tertiary/aromatic N) is 1. The number of hydrogen-bond acceptors (Lipinski definition) is 2. The summed E-state index contributed by atoms with van der Waals surface area (Å²) in [5, 5.41) is 11.5. The molecule has 19 heavy (non-hydrogen) atoms. The molecule has 1 amide bonds. The van der Waals surface area contributed by atoms with Gasteiger partial charge in [0.1, 0.15) is 0 Å². The average molecular weight is 380 g/mol. The van der Waals surface area contributed by atoms with Gasteiger partial charge in [0.2, 0.25) is 0 Å². The number of hydrogen-bond donors (Lipinski definition) is 1. The van der Waals surface area contributed by atoms with Gasteiger partial charge in [0, 0.05) is 14.5 Å². The van der Waals surface area contributed by atoms with E-state index >= 15 is 0 Å². The normalized spacial score (nSPS) is 9.74. The van der Waals surface area contributed by atoms with Crippen molar-refractivity contribution >= 4 is 43.5 Å². The third kappa shape index (κ3) is 3.22. The van der Waals surface area contributed by atoms with Crippen molar-refractivity contribution in [2.24, 2.45) is 0 Å². The van der Waals surface area contributed by atoms with E-state index in [9.17, 15) is 4.79 Å². The van der Waals surface area contributed by atoms with E-state index in [2.05, 4.69) is 37.2 Å². The first-order chi connectivity index (χ1) is 9.11. The Morgan fingerprint density at radius 3 is 2.16 bits per heavy atom. The highest BCUT2D eigenvalue weighted by Crippen LogP contribution is 2.30. The van der Waals surface area contributed by atoms with Crippen molar-refractivity contribution in [3.05, 3.63) is 62.5 Å². The molecule has 0 saturated carbocycles. The van der Waals surface area contributed by atoms with Gasteiger partial charge in [-0.1, -0.05) is 6.07 Å². The van der Waals surface area contributed by atoms with Crippen LogP contribution in [0.4, 0.5) is 5.69 Å². The second kappa shape index (κ2) is 6.00. The van der Waals surface area contributed by atoms with Crippen molar-refractivity contribution in [1.29, 1.82) is 5.26 Å². The van der Waals surface area contributed by atoms with Gasteiger partial charge in [0.05, 0.1) is 17.3 Å². The molecule has 0 unspecified atom stereocenters. The van der Waals surface area contributed by atoms with Crippen molar-refractivity contribution in [2.75, 3.05) is 5.32 Å². The predicted molar refractivity (Wildman–Crippen MR) is 81.0 cm³/mol. The molecule has 5 heteroatoms. The molecule has 2 aromatic rings. The summed E-state index contributed by atoms with van der Waals surface area (Å²) < 4.78 is 1.59. The number of nitriles is 1. The van der Waals surface area contributed by atoms with Gasteiger partial charge in [-0.25, -0.2) is 0 Å². The highest BCUT2D eigenvalue weighted by atomic mass is 79.9. The van der Waals surface area contributed by atoms with E-state index in [1.165, 1.54) is 0 Å². The smallest absolute Gasteiger partial charge is 0.255 e. The van der Waals surface area contributed by atoms with E-state index in [-0.39, 0.29) is 5.91 Å². The molecule has 0 fully saturated rings. The maximum atomic E-state index is 12.1. The molecule has 0 heterocycles. The Kier molecular flexibility index (Phi) is 4.35. The van der Waals surface area contributed by atoms with Gasteiger partial charge < -0.3 is 5.32 Å². The van der Waals surface area contributed by atoms with Gasteiger partial charge in [-0.2, -0.15) is 5.26 Å². The summed E-state index contributed by atoms with van der Waals surface area (Å²) in [6, 6.07) is 14.1. The second-order valence-corrected chi connectivity index (χ2v) is 5.45. The summed E-state index contributed by atoms with van der Waals surface area (Å²) in [6.07, 6.45) is 0. The Labute approximate surface area is 127 Å². The summed E-state index contributed by atoms with van der Waals surface area (Å²) in [5.41, 5.74) is 1.71. The molecule has 0 saturated heterocycles. The SMILES string of the molecule is N#Cc1ccc(C(=O)Nc2c(Br)cccc2Br)cc1. The third-order valence-electron chi connectivity index (χ3n) is 2.48. The van der Waals surface area contributed by atoms with E-state index < -0.39 is 0 Å². The molecule has 2 aromatic carbocycles. The van der Waals surface area contributed by atoms with Crippen LogP contribution in [0, 0.1) is 11.3 Å². The lowest BCUT2D eigenvalue weighted by atomic mass is 10.1. The molecule has 0 aliphatic rings. The molecule has 0 aromatic heterocycles. The molecule has 1 N–H and O–H groups in total. The molecular weight excluding hydrogens is 372 g/mol. The maximum absolute atomic E-state index is 12.1. The molecule has 2 rings (SSSR count). The number of nitrogens with one attached hydrogen (secondary N) is 1. The molecule has 0 aliphatic heterocycles. The lowest BCUT2D eigenvalue weighted by Crippen LogP contribution is -2.12. The average Bonchev–Trinajstić information content (AvgIpc) is 2.43. The molecular formula is C14H8Br2N2O. The Morgan fingerprint density at radius 2 is 1.63 bits per heavy atom. The number of para-hydroxylation sites is 1. The summed E-state index contributed by atoms with van der Waals surface area (Å²) in [5.74, 6) is -0.225. The second-order valence-electron chi connectivity index (χ2n) is 3.74. The molecule has 0 atom stereocenters. The molecule has 0 bridgehead atoms. The van der Waals surface area contributed by atoms with E-state index in [1.807, 2.05) is 24.3 Å². The van der Waals surface area contributed by atoms with Crippen molar-refractivity contribution in [2.45, 2.75) is 0 Å². The zero-order valence-corrected chi connectivity index (χ0v) is 12.8. The minimum Gasteiger partial charge on any atom is -0.320 e. The zero-order chi connectivity index (χ0) is 13.8. The fraction of sp³-hybridized carbons (Fsp3) is 0. The predicted octanol–water partition coefficient (Wildman–Crippen LogP) is 4.34. The van der Waals surface area contributed by atoms with Crippen LogP contribution in [-0.2, 0) is 0 Å². The lowest BCUT2D eigenvalue weighted by molar-refractivity contribution is 0.102. The van der Waals surface area contributed by atoms with Crippen LogP contribution in [-0.4, -0.2) is 5.91 Å². The fourth-order valence-corrected chi connectivity index (χ4v) is 2.70. The third-order valence-corrected chi connectivity index (χ3v) is 3.80. The van der Waals surface area contributed by atoms with Gasteiger partial charge in [0.25, 0.3) is 5.91 Å². The molecule has 0 radical (unpaired) electrons. The quantitative estimate of drug-likeness (QED) is 0.843. The molecule has 0 spiro atoms. The molecule has 3 nitrogen and oxygen atoms in total. The summed E-state index contributed by atoms with van der Waals surface area (Å²) in [6.45, 7) is 0. The maximum Gasteiger partial charge on any atom is 0.255 e. The number of amides is 1. The number of carbonyl (C=O) groups is 1. The monoisotopic (exact) mass is 378 g/mol. The summed E-state index contributed by atoms with van der Waals surface area (Å²) in [4.78, 5) is 12.1. The van der Waals surface area contributed by atoms with Gasteiger partial charge in [-0.05, 0) is 68.3 Å². The van der Waals surface area contributed by atoms with E-state index in [1.54, 1.807) is 24.3 Å². The minimum absolute atomic E-state index is 0.225. The first-order valence-corrected chi connectivity index (χ1v) is 6.96. The van der Waals surface area contributed by atoms with Crippen LogP contribution < -0.4 is 5.32 Å². The highest BCUT2D eigenvalue weighted by Gasteiger charge is 2.10. The molecule has 94 valence electrons. The van der Waals surface area contributed by atoms with Crippen molar-refractivity contribution in [3.8, 4) is 6.07 Å². The minimum atomic E-state index is -0.225. The van der Waals surface area contributed by atoms with Gasteiger partial charge in [-0.15, -0.1) is 0 Å². The van der Waals surface area contributed by atoms with Crippen molar-refractivity contribution < 1.29 is 4.79 Å². The van der Waals surface area contributed by atoms with Gasteiger partial charge >= 0.3 is 0 Å². The number of rotatable bonds is 2. The van der Waals surface area contributed by atoms with Crippen LogP contribution in [0.3, 0.4) is 0 Å². The van der Waals surface area contributed by atoms with Crippen LogP contribution >= 0.6 is 31.9 Å². The van der Waals surface area contributed by atoms with Crippen LogP contribution in [0.15, 0.2) is 51.4 Å². The van der Waals surface area contributed by atoms with Crippen LogP contribution in [0.25, 0.3) is 0 Å². The molecule has 0 aliphatic carbocycles.